The van der Waals surface area contributed by atoms with E-state index in [0.29, 0.717) is 18.0 Å². The van der Waals surface area contributed by atoms with Crippen LogP contribution < -0.4 is 10.6 Å². The van der Waals surface area contributed by atoms with Gasteiger partial charge in [0.25, 0.3) is 5.91 Å². The van der Waals surface area contributed by atoms with E-state index in [0.717, 1.165) is 48.1 Å². The number of carbonyl (C=O) groups excluding carboxylic acids is 3. The molecule has 0 saturated heterocycles. The Morgan fingerprint density at radius 2 is 1.59 bits per heavy atom. The molecule has 8 nitrogen and oxygen atoms in total. The smallest absolute Gasteiger partial charge is 0.336 e. The summed E-state index contributed by atoms with van der Waals surface area (Å²) in [7, 11) is 1.17. The third-order valence-electron chi connectivity index (χ3n) is 7.59. The minimum atomic E-state index is -1.42. The Morgan fingerprint density at radius 1 is 1.00 bits per heavy atom. The first-order chi connectivity index (χ1) is 18.4. The Bertz CT molecular complexity index is 1130. The summed E-state index contributed by atoms with van der Waals surface area (Å²) in [6.07, 6.45) is 2.64. The molecule has 2 aromatic carbocycles. The van der Waals surface area contributed by atoms with Crippen molar-refractivity contribution in [2.45, 2.75) is 79.0 Å². The van der Waals surface area contributed by atoms with E-state index in [1.807, 2.05) is 43.0 Å². The van der Waals surface area contributed by atoms with Crippen molar-refractivity contribution in [3.63, 3.8) is 0 Å². The fraction of sp³-hybridized carbons (Fsp3) is 0.516. The molecular formula is C31H43N3O5. The second kappa shape index (κ2) is 13.1. The van der Waals surface area contributed by atoms with Crippen molar-refractivity contribution >= 4 is 23.6 Å². The molecule has 0 spiro atoms. The molecule has 1 aliphatic carbocycles. The van der Waals surface area contributed by atoms with Crippen LogP contribution >= 0.6 is 0 Å². The van der Waals surface area contributed by atoms with Gasteiger partial charge in [0.1, 0.15) is 0 Å². The van der Waals surface area contributed by atoms with Gasteiger partial charge in [0.2, 0.25) is 0 Å². The van der Waals surface area contributed by atoms with E-state index in [1.54, 1.807) is 12.1 Å². The highest BCUT2D eigenvalue weighted by Crippen LogP contribution is 2.39. The summed E-state index contributed by atoms with van der Waals surface area (Å²) in [5.41, 5.74) is 4.53. The Morgan fingerprint density at radius 3 is 2.13 bits per heavy atom. The normalized spacial score (nSPS) is 18.1. The van der Waals surface area contributed by atoms with Crippen LogP contribution in [0, 0.1) is 25.2 Å². The molecule has 1 atom stereocenters. The van der Waals surface area contributed by atoms with Gasteiger partial charge in [-0.2, -0.15) is 0 Å². The predicted molar refractivity (Wildman–Crippen MR) is 152 cm³/mol. The zero-order chi connectivity index (χ0) is 28.7. The van der Waals surface area contributed by atoms with Crippen molar-refractivity contribution in [3.8, 4) is 0 Å². The van der Waals surface area contributed by atoms with E-state index in [2.05, 4.69) is 42.2 Å². The van der Waals surface area contributed by atoms with Crippen LogP contribution in [0.2, 0.25) is 0 Å². The van der Waals surface area contributed by atoms with Crippen LogP contribution in [0.1, 0.15) is 73.5 Å². The molecule has 1 fully saturated rings. The van der Waals surface area contributed by atoms with Crippen LogP contribution in [0.3, 0.4) is 0 Å². The molecule has 0 aromatic heterocycles. The number of methoxy groups -OCH3 is 1. The number of rotatable bonds is 8. The monoisotopic (exact) mass is 537 g/mol. The summed E-state index contributed by atoms with van der Waals surface area (Å²) in [5.74, 6) is -0.579. The standard InChI is InChI=1S/C31H43N3O5/c1-20-15-21(2)17-25(16-20)33-30(38)34(26-13-11-24(12-14-26)31(3,4)5)19-22-7-9-23(10-8-22)28(36)32-18-27(35)29(37)39-6/h7-10,15-17,24,26-27,35H,11-14,18-19H2,1-6H3,(H,32,36)(H,33,38)/t24?,26?,27-/m1/s1. The summed E-state index contributed by atoms with van der Waals surface area (Å²) < 4.78 is 4.47. The maximum Gasteiger partial charge on any atom is 0.336 e. The number of aliphatic hydroxyl groups excluding tert-OH is 1. The largest absolute Gasteiger partial charge is 0.467 e. The summed E-state index contributed by atoms with van der Waals surface area (Å²) in [4.78, 5) is 39.4. The zero-order valence-corrected chi connectivity index (χ0v) is 24.0. The number of carbonyl (C=O) groups is 3. The van der Waals surface area contributed by atoms with Gasteiger partial charge in [-0.3, -0.25) is 4.79 Å². The molecule has 0 heterocycles. The zero-order valence-electron chi connectivity index (χ0n) is 24.0. The molecule has 0 aliphatic heterocycles. The third kappa shape index (κ3) is 8.55. The molecule has 212 valence electrons. The molecule has 3 amide bonds. The lowest BCUT2D eigenvalue weighted by molar-refractivity contribution is -0.149. The van der Waals surface area contributed by atoms with Crippen molar-refractivity contribution in [2.75, 3.05) is 19.0 Å². The number of hydrogen-bond acceptors (Lipinski definition) is 5. The Labute approximate surface area is 232 Å². The quantitative estimate of drug-likeness (QED) is 0.401. The van der Waals surface area contributed by atoms with E-state index in [-0.39, 0.29) is 24.0 Å². The number of benzene rings is 2. The minimum Gasteiger partial charge on any atom is -0.467 e. The fourth-order valence-corrected chi connectivity index (χ4v) is 5.33. The number of amides is 3. The molecule has 0 unspecified atom stereocenters. The molecular weight excluding hydrogens is 494 g/mol. The first-order valence-electron chi connectivity index (χ1n) is 13.7. The Balaban J connectivity index is 1.73. The van der Waals surface area contributed by atoms with Crippen molar-refractivity contribution in [3.05, 3.63) is 64.7 Å². The SMILES string of the molecule is COC(=O)[C@H](O)CNC(=O)c1ccc(CN(C(=O)Nc2cc(C)cc(C)c2)C2CCC(C(C)(C)C)CC2)cc1. The fourth-order valence-electron chi connectivity index (χ4n) is 5.33. The summed E-state index contributed by atoms with van der Waals surface area (Å²) in [6.45, 7) is 11.1. The molecule has 8 heteroatoms. The van der Waals surface area contributed by atoms with Crippen LogP contribution in [0.25, 0.3) is 0 Å². The lowest BCUT2D eigenvalue weighted by atomic mass is 9.71. The number of hydrogen-bond donors (Lipinski definition) is 3. The van der Waals surface area contributed by atoms with Crippen LogP contribution in [0.5, 0.6) is 0 Å². The molecule has 1 aliphatic rings. The van der Waals surface area contributed by atoms with Crippen molar-refractivity contribution < 1.29 is 24.2 Å². The lowest BCUT2D eigenvalue weighted by Gasteiger charge is -2.41. The second-order valence-corrected chi connectivity index (χ2v) is 11.8. The van der Waals surface area contributed by atoms with Crippen molar-refractivity contribution in [2.24, 2.45) is 11.3 Å². The molecule has 0 bridgehead atoms. The average Bonchev–Trinajstić information content (AvgIpc) is 2.89. The van der Waals surface area contributed by atoms with E-state index in [9.17, 15) is 19.5 Å². The topological polar surface area (TPSA) is 108 Å². The number of nitrogens with zero attached hydrogens (tertiary/aromatic N) is 1. The number of nitrogens with one attached hydrogen (secondary N) is 2. The van der Waals surface area contributed by atoms with Gasteiger partial charge >= 0.3 is 12.0 Å². The van der Waals surface area contributed by atoms with Crippen LogP contribution in [0.15, 0.2) is 42.5 Å². The van der Waals surface area contributed by atoms with Gasteiger partial charge in [0.05, 0.1) is 13.7 Å². The van der Waals surface area contributed by atoms with Crippen LogP contribution in [-0.2, 0) is 16.1 Å². The molecule has 39 heavy (non-hydrogen) atoms. The first-order valence-corrected chi connectivity index (χ1v) is 13.7. The first kappa shape index (κ1) is 30.2. The van der Waals surface area contributed by atoms with Gasteiger partial charge in [-0.25, -0.2) is 9.59 Å². The molecule has 0 radical (unpaired) electrons. The van der Waals surface area contributed by atoms with E-state index < -0.39 is 18.0 Å². The second-order valence-electron chi connectivity index (χ2n) is 11.8. The average molecular weight is 538 g/mol. The number of aliphatic hydroxyl groups is 1. The number of anilines is 1. The van der Waals surface area contributed by atoms with Crippen molar-refractivity contribution in [1.29, 1.82) is 0 Å². The summed E-state index contributed by atoms with van der Waals surface area (Å²) in [5, 5.41) is 15.3. The van der Waals surface area contributed by atoms with Gasteiger partial charge in [0, 0.05) is 23.8 Å². The number of urea groups is 1. The Kier molecular flexibility index (Phi) is 10.1. The van der Waals surface area contributed by atoms with Crippen molar-refractivity contribution in [1.82, 2.24) is 10.2 Å². The Hall–Kier alpha value is -3.39. The molecule has 3 rings (SSSR count). The maximum absolute atomic E-state index is 13.6. The highest BCUT2D eigenvalue weighted by Gasteiger charge is 2.33. The lowest BCUT2D eigenvalue weighted by Crippen LogP contribution is -2.45. The molecule has 2 aromatic rings. The van der Waals surface area contributed by atoms with Gasteiger partial charge in [-0.1, -0.05) is 39.0 Å². The highest BCUT2D eigenvalue weighted by atomic mass is 16.5. The molecule has 1 saturated carbocycles. The van der Waals surface area contributed by atoms with Gasteiger partial charge in [-0.05, 0) is 91.8 Å². The van der Waals surface area contributed by atoms with E-state index >= 15 is 0 Å². The minimum absolute atomic E-state index is 0.122. The van der Waals surface area contributed by atoms with Crippen LogP contribution in [0.4, 0.5) is 10.5 Å². The summed E-state index contributed by atoms with van der Waals surface area (Å²) >= 11 is 0. The van der Waals surface area contributed by atoms with E-state index in [1.165, 1.54) is 7.11 Å². The van der Waals surface area contributed by atoms with E-state index in [4.69, 9.17) is 0 Å². The number of ether oxygens (including phenoxy) is 1. The highest BCUT2D eigenvalue weighted by molar-refractivity contribution is 5.94. The summed E-state index contributed by atoms with van der Waals surface area (Å²) in [6, 6.07) is 13.1. The van der Waals surface area contributed by atoms with Gasteiger partial charge in [-0.15, -0.1) is 0 Å². The predicted octanol–water partition coefficient (Wildman–Crippen LogP) is 5.21. The number of esters is 1. The van der Waals surface area contributed by atoms with Crippen LogP contribution in [-0.4, -0.2) is 53.7 Å². The number of aryl methyl sites for hydroxylation is 2. The van der Waals surface area contributed by atoms with Gasteiger partial charge < -0.3 is 25.4 Å². The molecule has 3 N–H and O–H groups in total. The third-order valence-corrected chi connectivity index (χ3v) is 7.59. The maximum atomic E-state index is 13.6. The van der Waals surface area contributed by atoms with Gasteiger partial charge in [0.15, 0.2) is 6.10 Å².